The second-order valence-electron chi connectivity index (χ2n) is 11.0. The van der Waals surface area contributed by atoms with Crippen LogP contribution in [0.2, 0.25) is 0 Å². The Hall–Kier alpha value is -2.29. The van der Waals surface area contributed by atoms with Crippen molar-refractivity contribution in [3.63, 3.8) is 0 Å². The molecule has 0 spiro atoms. The lowest BCUT2D eigenvalue weighted by Gasteiger charge is -2.18. The fourth-order valence-electron chi connectivity index (χ4n) is 4.13. The third kappa shape index (κ3) is 32.9. The van der Waals surface area contributed by atoms with Crippen LogP contribution in [0.4, 0.5) is 0 Å². The van der Waals surface area contributed by atoms with Crippen LogP contribution in [0.5, 0.6) is 0 Å². The standard InChI is InChI=1S/C35H59O9P/c1-3-5-7-8-9-14-19-22-25-29-35(38)44-33(31-43-45(39,40)41)30-42-34(37)28-24-21-18-16-13-11-10-12-15-17-20-23-27-32(36)26-6-4-2/h6,10-11,15-18,20,23,26,32-33,36H,3-5,7-9,12-14,19,21-22,24-25,27-31H2,1-2H3,(H2,39,40,41)/b11-10-,17-15-,18-16-,23-20+,26-6-/t32?,33-/m1/s1. The molecule has 0 saturated carbocycles. The number of aliphatic hydroxyl groups is 1. The Labute approximate surface area is 271 Å². The number of phosphoric ester groups is 1. The van der Waals surface area contributed by atoms with Gasteiger partial charge in [0.15, 0.2) is 6.10 Å². The van der Waals surface area contributed by atoms with E-state index in [1.54, 1.807) is 0 Å². The highest BCUT2D eigenvalue weighted by Crippen LogP contribution is 2.35. The minimum absolute atomic E-state index is 0.170. The molecule has 1 unspecified atom stereocenters. The van der Waals surface area contributed by atoms with Gasteiger partial charge in [-0.2, -0.15) is 0 Å². The van der Waals surface area contributed by atoms with E-state index in [9.17, 15) is 19.3 Å². The second-order valence-corrected chi connectivity index (χ2v) is 12.2. The number of allylic oxidation sites excluding steroid dienone is 8. The van der Waals surface area contributed by atoms with Crippen molar-refractivity contribution < 1.29 is 43.0 Å². The van der Waals surface area contributed by atoms with Gasteiger partial charge in [-0.1, -0.05) is 126 Å². The lowest BCUT2D eigenvalue weighted by Crippen LogP contribution is -2.29. The second kappa shape index (κ2) is 30.4. The van der Waals surface area contributed by atoms with Crippen molar-refractivity contribution in [2.75, 3.05) is 13.2 Å². The van der Waals surface area contributed by atoms with Crippen molar-refractivity contribution in [3.05, 3.63) is 60.8 Å². The van der Waals surface area contributed by atoms with Gasteiger partial charge in [0.05, 0.1) is 12.7 Å². The normalized spacial score (nSPS) is 14.0. The molecule has 0 radical (unpaired) electrons. The maximum Gasteiger partial charge on any atom is 0.469 e. The first-order valence-electron chi connectivity index (χ1n) is 16.7. The Balaban J connectivity index is 4.16. The van der Waals surface area contributed by atoms with Crippen molar-refractivity contribution in [3.8, 4) is 0 Å². The average molecular weight is 655 g/mol. The van der Waals surface area contributed by atoms with Gasteiger partial charge >= 0.3 is 19.8 Å². The van der Waals surface area contributed by atoms with Crippen LogP contribution >= 0.6 is 7.82 Å². The van der Waals surface area contributed by atoms with E-state index < -0.39 is 38.6 Å². The number of unbranched alkanes of at least 4 members (excludes halogenated alkanes) is 9. The number of phosphoric acid groups is 1. The molecule has 10 heteroatoms. The molecule has 0 saturated heterocycles. The molecule has 45 heavy (non-hydrogen) atoms. The maximum atomic E-state index is 12.2. The van der Waals surface area contributed by atoms with E-state index in [4.69, 9.17) is 19.3 Å². The maximum absolute atomic E-state index is 12.2. The van der Waals surface area contributed by atoms with Gasteiger partial charge < -0.3 is 24.4 Å². The van der Waals surface area contributed by atoms with E-state index in [2.05, 4.69) is 23.6 Å². The van der Waals surface area contributed by atoms with Crippen LogP contribution in [0.1, 0.15) is 123 Å². The minimum atomic E-state index is -4.76. The van der Waals surface area contributed by atoms with Crippen LogP contribution in [0, 0.1) is 0 Å². The highest BCUT2D eigenvalue weighted by atomic mass is 31.2. The molecule has 2 atom stereocenters. The molecule has 258 valence electrons. The summed E-state index contributed by atoms with van der Waals surface area (Å²) in [5.41, 5.74) is 0. The van der Waals surface area contributed by atoms with E-state index in [1.807, 2.05) is 55.5 Å². The zero-order valence-corrected chi connectivity index (χ0v) is 28.5. The molecule has 0 aromatic carbocycles. The van der Waals surface area contributed by atoms with Crippen molar-refractivity contribution in [1.29, 1.82) is 0 Å². The molecule has 0 bridgehead atoms. The number of hydrogen-bond donors (Lipinski definition) is 3. The molecule has 3 N–H and O–H groups in total. The van der Waals surface area contributed by atoms with Crippen LogP contribution in [-0.2, 0) is 28.2 Å². The zero-order chi connectivity index (χ0) is 33.4. The van der Waals surface area contributed by atoms with Gasteiger partial charge in [-0.15, -0.1) is 0 Å². The van der Waals surface area contributed by atoms with Crippen LogP contribution < -0.4 is 0 Å². The van der Waals surface area contributed by atoms with Crippen LogP contribution in [0.15, 0.2) is 60.8 Å². The number of ether oxygens (including phenoxy) is 2. The third-order valence-electron chi connectivity index (χ3n) is 6.63. The molecule has 0 aliphatic carbocycles. The summed E-state index contributed by atoms with van der Waals surface area (Å²) in [6, 6.07) is 0. The van der Waals surface area contributed by atoms with E-state index in [0.29, 0.717) is 25.7 Å². The Morgan fingerprint density at radius 2 is 1.31 bits per heavy atom. The van der Waals surface area contributed by atoms with E-state index in [1.165, 1.54) is 32.1 Å². The predicted octanol–water partition coefficient (Wildman–Crippen LogP) is 8.36. The fraction of sp³-hybridized carbons (Fsp3) is 0.657. The van der Waals surface area contributed by atoms with Gasteiger partial charge in [0, 0.05) is 12.8 Å². The Bertz CT molecular complexity index is 933. The summed E-state index contributed by atoms with van der Waals surface area (Å²) in [4.78, 5) is 42.4. The lowest BCUT2D eigenvalue weighted by molar-refractivity contribution is -0.161. The smallest absolute Gasteiger partial charge is 0.462 e. The first kappa shape index (κ1) is 42.7. The third-order valence-corrected chi connectivity index (χ3v) is 7.11. The van der Waals surface area contributed by atoms with E-state index in [0.717, 1.165) is 38.5 Å². The van der Waals surface area contributed by atoms with Gasteiger partial charge in [-0.3, -0.25) is 14.1 Å². The molecular formula is C35H59O9P. The van der Waals surface area contributed by atoms with E-state index in [-0.39, 0.29) is 19.4 Å². The number of aliphatic hydroxyl groups excluding tert-OH is 1. The summed E-state index contributed by atoms with van der Waals surface area (Å²) in [5.74, 6) is -0.987. The van der Waals surface area contributed by atoms with Crippen LogP contribution in [0.3, 0.4) is 0 Å². The fourth-order valence-corrected chi connectivity index (χ4v) is 4.49. The number of carbonyl (C=O) groups is 2. The molecule has 0 fully saturated rings. The van der Waals surface area contributed by atoms with Crippen molar-refractivity contribution in [2.24, 2.45) is 0 Å². The molecule has 9 nitrogen and oxygen atoms in total. The Morgan fingerprint density at radius 1 is 0.711 bits per heavy atom. The first-order chi connectivity index (χ1) is 21.7. The topological polar surface area (TPSA) is 140 Å². The molecule has 0 amide bonds. The van der Waals surface area contributed by atoms with Crippen LogP contribution in [-0.4, -0.2) is 52.3 Å². The Morgan fingerprint density at radius 3 is 1.98 bits per heavy atom. The molecule has 0 aromatic heterocycles. The average Bonchev–Trinajstić information content (AvgIpc) is 3.00. The first-order valence-corrected chi connectivity index (χ1v) is 18.2. The van der Waals surface area contributed by atoms with Crippen molar-refractivity contribution in [2.45, 2.75) is 135 Å². The Kier molecular flexibility index (Phi) is 28.8. The largest absolute Gasteiger partial charge is 0.469 e. The van der Waals surface area contributed by atoms with Gasteiger partial charge in [0.2, 0.25) is 0 Å². The molecule has 0 rings (SSSR count). The summed E-state index contributed by atoms with van der Waals surface area (Å²) >= 11 is 0. The molecule has 0 aromatic rings. The molecule has 0 heterocycles. The van der Waals surface area contributed by atoms with Gasteiger partial charge in [-0.05, 0) is 44.9 Å². The lowest BCUT2D eigenvalue weighted by atomic mass is 10.1. The summed E-state index contributed by atoms with van der Waals surface area (Å²) in [7, 11) is -4.76. The number of carbonyl (C=O) groups excluding carboxylic acids is 2. The number of rotatable bonds is 29. The molecule has 0 aliphatic rings. The zero-order valence-electron chi connectivity index (χ0n) is 27.6. The SMILES string of the molecule is CC/C=C\C(O)C/C=C/C=C\C/C=C\C/C=C\CCCC(=O)OC[C@H](COP(=O)(O)O)OC(=O)CCCCCCCCCCC. The number of esters is 2. The highest BCUT2D eigenvalue weighted by Gasteiger charge is 2.22. The summed E-state index contributed by atoms with van der Waals surface area (Å²) < 4.78 is 26.1. The predicted molar refractivity (Wildman–Crippen MR) is 180 cm³/mol. The van der Waals surface area contributed by atoms with Crippen molar-refractivity contribution >= 4 is 19.8 Å². The summed E-state index contributed by atoms with van der Waals surface area (Å²) in [5, 5.41) is 9.71. The van der Waals surface area contributed by atoms with Crippen LogP contribution in [0.25, 0.3) is 0 Å². The summed E-state index contributed by atoms with van der Waals surface area (Å²) in [6.07, 6.45) is 33.0. The monoisotopic (exact) mass is 654 g/mol. The summed E-state index contributed by atoms with van der Waals surface area (Å²) in [6.45, 7) is 3.33. The van der Waals surface area contributed by atoms with Gasteiger partial charge in [0.1, 0.15) is 6.61 Å². The van der Waals surface area contributed by atoms with E-state index >= 15 is 0 Å². The quantitative estimate of drug-likeness (QED) is 0.0239. The minimum Gasteiger partial charge on any atom is -0.462 e. The highest BCUT2D eigenvalue weighted by molar-refractivity contribution is 7.46. The molecular weight excluding hydrogens is 595 g/mol. The molecule has 0 aliphatic heterocycles. The van der Waals surface area contributed by atoms with Gasteiger partial charge in [0.25, 0.3) is 0 Å². The van der Waals surface area contributed by atoms with Gasteiger partial charge in [-0.25, -0.2) is 4.57 Å². The number of hydrogen-bond acceptors (Lipinski definition) is 7. The van der Waals surface area contributed by atoms with Crippen molar-refractivity contribution in [1.82, 2.24) is 0 Å².